The van der Waals surface area contributed by atoms with E-state index >= 15 is 0 Å². The van der Waals surface area contributed by atoms with Crippen LogP contribution < -0.4 is 0 Å². The fourth-order valence-electron chi connectivity index (χ4n) is 1.46. The van der Waals surface area contributed by atoms with Crippen molar-refractivity contribution in [3.63, 3.8) is 0 Å². The van der Waals surface area contributed by atoms with Gasteiger partial charge in [-0.3, -0.25) is 0 Å². The zero-order chi connectivity index (χ0) is 20.0. The van der Waals surface area contributed by atoms with Gasteiger partial charge < -0.3 is 0 Å². The average Bonchev–Trinajstić information content (AvgIpc) is 2.21. The molecular weight excluding hydrogens is 386 g/mol. The van der Waals surface area contributed by atoms with E-state index in [1.165, 1.54) is 0 Å². The topological polar surface area (TPSA) is 0 Å². The largest absolute Gasteiger partial charge is 0.435 e. The van der Waals surface area contributed by atoms with E-state index in [2.05, 4.69) is 0 Å². The maximum atomic E-state index is 13.2. The number of halogens is 14. The van der Waals surface area contributed by atoms with Gasteiger partial charge in [-0.05, 0) is 13.0 Å². The van der Waals surface area contributed by atoms with E-state index in [0.717, 1.165) is 0 Å². The average molecular weight is 392 g/mol. The van der Waals surface area contributed by atoms with Crippen molar-refractivity contribution in [2.24, 2.45) is 0 Å². The summed E-state index contributed by atoms with van der Waals surface area (Å²) in [6, 6.07) is 0. The molecule has 0 bridgehead atoms. The number of alkyl halides is 14. The highest BCUT2D eigenvalue weighted by atomic mass is 19.4. The summed E-state index contributed by atoms with van der Waals surface area (Å²) in [6.07, 6.45) is -31.5. The standard InChI is InChI=1S/C10H6F14/c1-4(2-5(11,7(13,14)15)8(16,17)18)3-6(12,9(19,20)21)10(22,23)24/h2H,3H2,1H3/b4-2+. The number of rotatable bonds is 3. The molecule has 0 aliphatic carbocycles. The molecule has 0 fully saturated rings. The van der Waals surface area contributed by atoms with Crippen LogP contribution in [0.4, 0.5) is 61.5 Å². The van der Waals surface area contributed by atoms with Crippen molar-refractivity contribution in [3.8, 4) is 0 Å². The van der Waals surface area contributed by atoms with Crippen molar-refractivity contribution in [2.75, 3.05) is 0 Å². The highest BCUT2D eigenvalue weighted by Gasteiger charge is 2.74. The van der Waals surface area contributed by atoms with E-state index in [4.69, 9.17) is 0 Å². The highest BCUT2D eigenvalue weighted by molar-refractivity contribution is 5.19. The van der Waals surface area contributed by atoms with Gasteiger partial charge in [-0.1, -0.05) is 5.57 Å². The Hall–Kier alpha value is -1.24. The molecule has 0 spiro atoms. The van der Waals surface area contributed by atoms with Crippen molar-refractivity contribution in [2.45, 2.75) is 49.4 Å². The molecule has 0 nitrogen and oxygen atoms in total. The van der Waals surface area contributed by atoms with Crippen molar-refractivity contribution in [3.05, 3.63) is 11.6 Å². The molecule has 0 atom stereocenters. The molecule has 14 heteroatoms. The Kier molecular flexibility index (Phi) is 5.63. The van der Waals surface area contributed by atoms with Crippen molar-refractivity contribution in [1.29, 1.82) is 0 Å². The first-order valence-corrected chi connectivity index (χ1v) is 5.43. The molecule has 0 unspecified atom stereocenters. The zero-order valence-corrected chi connectivity index (χ0v) is 11.1. The summed E-state index contributed by atoms with van der Waals surface area (Å²) in [4.78, 5) is 0. The molecule has 0 rings (SSSR count). The summed E-state index contributed by atoms with van der Waals surface area (Å²) < 4.78 is 173. The molecule has 24 heavy (non-hydrogen) atoms. The van der Waals surface area contributed by atoms with Gasteiger partial charge in [0, 0.05) is 6.42 Å². The number of hydrogen-bond acceptors (Lipinski definition) is 0. The third-order valence-corrected chi connectivity index (χ3v) is 2.69. The predicted octanol–water partition coefficient (Wildman–Crippen LogP) is 5.99. The van der Waals surface area contributed by atoms with Crippen LogP contribution in [0.25, 0.3) is 0 Å². The first-order valence-electron chi connectivity index (χ1n) is 5.43. The second-order valence-electron chi connectivity index (χ2n) is 4.67. The van der Waals surface area contributed by atoms with Crippen LogP contribution >= 0.6 is 0 Å². The number of hydrogen-bond donors (Lipinski definition) is 0. The lowest BCUT2D eigenvalue weighted by Gasteiger charge is -2.32. The minimum atomic E-state index is -6.75. The Morgan fingerprint density at radius 1 is 0.583 bits per heavy atom. The minimum Gasteiger partial charge on any atom is -0.223 e. The van der Waals surface area contributed by atoms with E-state index in [1.54, 1.807) is 0 Å². The third-order valence-electron chi connectivity index (χ3n) is 2.69. The lowest BCUT2D eigenvalue weighted by molar-refractivity contribution is -0.341. The van der Waals surface area contributed by atoms with E-state index < -0.39 is 54.1 Å². The van der Waals surface area contributed by atoms with Crippen LogP contribution in [0.5, 0.6) is 0 Å². The summed E-state index contributed by atoms with van der Waals surface area (Å²) in [6.45, 7) is -0.127. The van der Waals surface area contributed by atoms with Crippen LogP contribution in [0.2, 0.25) is 0 Å². The van der Waals surface area contributed by atoms with Gasteiger partial charge in [0.1, 0.15) is 0 Å². The van der Waals surface area contributed by atoms with E-state index in [-0.39, 0.29) is 6.92 Å². The smallest absolute Gasteiger partial charge is 0.223 e. The number of allylic oxidation sites excluding steroid dienone is 2. The Morgan fingerprint density at radius 2 is 0.875 bits per heavy atom. The van der Waals surface area contributed by atoms with Gasteiger partial charge in [0.2, 0.25) is 0 Å². The fraction of sp³-hybridized carbons (Fsp3) is 0.800. The molecule has 0 heterocycles. The van der Waals surface area contributed by atoms with Crippen molar-refractivity contribution < 1.29 is 61.5 Å². The van der Waals surface area contributed by atoms with Gasteiger partial charge in [-0.25, -0.2) is 8.78 Å². The monoisotopic (exact) mass is 392 g/mol. The Labute approximate surface area is 124 Å². The highest BCUT2D eigenvalue weighted by Crippen LogP contribution is 2.52. The summed E-state index contributed by atoms with van der Waals surface area (Å²) in [5.41, 5.74) is -14.5. The molecule has 0 aliphatic rings. The van der Waals surface area contributed by atoms with Crippen LogP contribution in [0.15, 0.2) is 11.6 Å². The van der Waals surface area contributed by atoms with Crippen LogP contribution in [0.1, 0.15) is 13.3 Å². The third kappa shape index (κ3) is 4.05. The van der Waals surface area contributed by atoms with Crippen molar-refractivity contribution in [1.82, 2.24) is 0 Å². The maximum absolute atomic E-state index is 13.2. The Bertz CT molecular complexity index is 442. The van der Waals surface area contributed by atoms with E-state index in [0.29, 0.717) is 0 Å². The Balaban J connectivity index is 6.09. The van der Waals surface area contributed by atoms with Gasteiger partial charge in [0.25, 0.3) is 0 Å². The molecule has 0 aromatic carbocycles. The minimum absolute atomic E-state index is 0.127. The summed E-state index contributed by atoms with van der Waals surface area (Å²) >= 11 is 0. The predicted molar refractivity (Wildman–Crippen MR) is 50.3 cm³/mol. The molecule has 0 aromatic heterocycles. The molecule has 0 radical (unpaired) electrons. The first-order chi connectivity index (χ1) is 10.1. The SMILES string of the molecule is C/C(=C\C(F)(C(F)(F)F)C(F)(F)F)CC(F)(C(F)(F)F)C(F)(F)F. The first kappa shape index (κ1) is 22.8. The molecule has 0 aromatic rings. The lowest BCUT2D eigenvalue weighted by Crippen LogP contribution is -2.54. The van der Waals surface area contributed by atoms with Gasteiger partial charge in [-0.15, -0.1) is 0 Å². The summed E-state index contributed by atoms with van der Waals surface area (Å²) in [5, 5.41) is 0. The quantitative estimate of drug-likeness (QED) is 0.409. The van der Waals surface area contributed by atoms with Gasteiger partial charge in [0.15, 0.2) is 0 Å². The molecule has 0 amide bonds. The molecule has 0 aliphatic heterocycles. The molecule has 144 valence electrons. The summed E-state index contributed by atoms with van der Waals surface area (Å²) in [7, 11) is 0. The summed E-state index contributed by atoms with van der Waals surface area (Å²) in [5.74, 6) is 0. The van der Waals surface area contributed by atoms with Crippen LogP contribution in [0, 0.1) is 0 Å². The second-order valence-corrected chi connectivity index (χ2v) is 4.67. The Morgan fingerprint density at radius 3 is 1.08 bits per heavy atom. The van der Waals surface area contributed by atoms with E-state index in [1.807, 2.05) is 0 Å². The van der Waals surface area contributed by atoms with Gasteiger partial charge >= 0.3 is 36.0 Å². The van der Waals surface area contributed by atoms with Gasteiger partial charge in [-0.2, -0.15) is 52.7 Å². The zero-order valence-electron chi connectivity index (χ0n) is 11.1. The maximum Gasteiger partial charge on any atom is 0.435 e. The van der Waals surface area contributed by atoms with E-state index in [9.17, 15) is 61.5 Å². The van der Waals surface area contributed by atoms with Gasteiger partial charge in [0.05, 0.1) is 0 Å². The van der Waals surface area contributed by atoms with Crippen molar-refractivity contribution >= 4 is 0 Å². The molecular formula is C10H6F14. The van der Waals surface area contributed by atoms with Crippen LogP contribution in [-0.2, 0) is 0 Å². The van der Waals surface area contributed by atoms with Crippen LogP contribution in [0.3, 0.4) is 0 Å². The molecule has 0 saturated carbocycles. The lowest BCUT2D eigenvalue weighted by atomic mass is 9.92. The fourth-order valence-corrected chi connectivity index (χ4v) is 1.46. The second kappa shape index (κ2) is 5.93. The molecule has 0 saturated heterocycles. The normalized spacial score (nSPS) is 16.5. The molecule has 0 N–H and O–H groups in total. The van der Waals surface area contributed by atoms with Crippen LogP contribution in [-0.4, -0.2) is 36.0 Å².